The first-order chi connectivity index (χ1) is 20.4. The molecule has 0 radical (unpaired) electrons. The van der Waals surface area contributed by atoms with Crippen LogP contribution in [0.5, 0.6) is 0 Å². The average molecular weight is 584 g/mol. The zero-order valence-corrected chi connectivity index (χ0v) is 24.8. The first kappa shape index (κ1) is 28.2. The van der Waals surface area contributed by atoms with E-state index in [0.717, 1.165) is 48.2 Å². The lowest BCUT2D eigenvalue weighted by atomic mass is 10.0. The number of benzene rings is 2. The second kappa shape index (κ2) is 12.1. The molecule has 10 heteroatoms. The highest BCUT2D eigenvalue weighted by atomic mass is 35.5. The number of aromatic nitrogens is 3. The normalized spacial score (nSPS) is 15.6. The van der Waals surface area contributed by atoms with Crippen LogP contribution in [0.15, 0.2) is 63.4 Å². The lowest BCUT2D eigenvalue weighted by Crippen LogP contribution is -2.29. The summed E-state index contributed by atoms with van der Waals surface area (Å²) >= 11 is 6.82. The molecule has 2 N–H and O–H groups in total. The molecule has 0 bridgehead atoms. The summed E-state index contributed by atoms with van der Waals surface area (Å²) in [6.07, 6.45) is 3.55. The van der Waals surface area contributed by atoms with E-state index in [4.69, 9.17) is 21.3 Å². The second-order valence-electron chi connectivity index (χ2n) is 11.0. The summed E-state index contributed by atoms with van der Waals surface area (Å²) in [5, 5.41) is 8.04. The van der Waals surface area contributed by atoms with Crippen molar-refractivity contribution in [3.8, 4) is 11.1 Å². The molecule has 1 saturated heterocycles. The number of nitrogens with one attached hydrogen (secondary N) is 2. The van der Waals surface area contributed by atoms with Crippen molar-refractivity contribution in [1.82, 2.24) is 19.9 Å². The van der Waals surface area contributed by atoms with Crippen LogP contribution < -0.4 is 16.2 Å². The van der Waals surface area contributed by atoms with Crippen LogP contribution in [0.3, 0.4) is 0 Å². The number of halogens is 1. The van der Waals surface area contributed by atoms with E-state index in [1.165, 1.54) is 11.1 Å². The molecule has 4 aromatic rings. The largest absolute Gasteiger partial charge is 0.381 e. The number of nitrogens with zero attached hydrogens (tertiary/aromatic N) is 5. The van der Waals surface area contributed by atoms with Gasteiger partial charge in [0.1, 0.15) is 5.65 Å². The van der Waals surface area contributed by atoms with Gasteiger partial charge in [0.15, 0.2) is 5.84 Å². The molecule has 0 saturated carbocycles. The van der Waals surface area contributed by atoms with Crippen LogP contribution in [0.2, 0.25) is 5.02 Å². The van der Waals surface area contributed by atoms with Crippen LogP contribution in [0, 0.1) is 0 Å². The molecule has 2 aliphatic heterocycles. The Balaban J connectivity index is 1.45. The SMILES string of the molecule is CN=C(N=C(C)C)c1ccc(-c2cc3cnc(NC4CCOCC4)nc3n(Cc3ccc4c(c3)CNC4)c2=O)c(Cl)c1. The van der Waals surface area contributed by atoms with E-state index in [2.05, 4.69) is 43.8 Å². The standard InChI is InChI=1S/C32H34ClN7O2/c1-19(2)37-29(34-3)21-6-7-26(28(33)14-21)27-13-24-17-36-32(38-25-8-10-42-11-9-25)39-30(24)40(31(27)41)18-20-4-5-22-15-35-16-23(22)12-20/h4-7,12-14,17,25,35H,8-11,15-16,18H2,1-3H3,(H,36,38,39). The predicted molar refractivity (Wildman–Crippen MR) is 169 cm³/mol. The molecule has 0 spiro atoms. The van der Waals surface area contributed by atoms with Gasteiger partial charge in [-0.25, -0.2) is 9.98 Å². The number of fused-ring (bicyclic) bond motifs is 2. The van der Waals surface area contributed by atoms with Crippen molar-refractivity contribution in [2.24, 2.45) is 9.98 Å². The van der Waals surface area contributed by atoms with Crippen LogP contribution >= 0.6 is 11.6 Å². The molecule has 1 fully saturated rings. The second-order valence-corrected chi connectivity index (χ2v) is 11.4. The van der Waals surface area contributed by atoms with Gasteiger partial charge in [0.25, 0.3) is 5.56 Å². The van der Waals surface area contributed by atoms with Crippen molar-refractivity contribution in [3.05, 3.63) is 86.3 Å². The van der Waals surface area contributed by atoms with Gasteiger partial charge in [-0.1, -0.05) is 41.9 Å². The van der Waals surface area contributed by atoms with Crippen molar-refractivity contribution < 1.29 is 4.74 Å². The summed E-state index contributed by atoms with van der Waals surface area (Å²) in [6, 6.07) is 14.0. The van der Waals surface area contributed by atoms with Crippen molar-refractivity contribution >= 4 is 40.1 Å². The van der Waals surface area contributed by atoms with E-state index in [-0.39, 0.29) is 11.6 Å². The third-order valence-corrected chi connectivity index (χ3v) is 8.00. The van der Waals surface area contributed by atoms with Gasteiger partial charge in [0.05, 0.1) is 6.54 Å². The predicted octanol–water partition coefficient (Wildman–Crippen LogP) is 5.21. The Hall–Kier alpha value is -3.92. The first-order valence-electron chi connectivity index (χ1n) is 14.2. The highest BCUT2D eigenvalue weighted by Crippen LogP contribution is 2.30. The van der Waals surface area contributed by atoms with E-state index in [1.807, 2.05) is 38.1 Å². The Morgan fingerprint density at radius 3 is 2.67 bits per heavy atom. The topological polar surface area (TPSA) is 106 Å². The number of rotatable bonds is 6. The smallest absolute Gasteiger partial charge is 0.260 e. The number of amidine groups is 1. The zero-order chi connectivity index (χ0) is 29.2. The monoisotopic (exact) mass is 583 g/mol. The lowest BCUT2D eigenvalue weighted by molar-refractivity contribution is 0.0903. The van der Waals surface area contributed by atoms with Crippen molar-refractivity contribution in [3.63, 3.8) is 0 Å². The highest BCUT2D eigenvalue weighted by molar-refractivity contribution is 6.33. The van der Waals surface area contributed by atoms with Gasteiger partial charge < -0.3 is 15.4 Å². The molecule has 6 rings (SSSR count). The molecule has 0 atom stereocenters. The van der Waals surface area contributed by atoms with Crippen molar-refractivity contribution in [2.45, 2.75) is 52.4 Å². The maximum Gasteiger partial charge on any atom is 0.260 e. The molecule has 42 heavy (non-hydrogen) atoms. The number of ether oxygens (including phenoxy) is 1. The zero-order valence-electron chi connectivity index (χ0n) is 24.1. The molecular formula is C32H34ClN7O2. The third kappa shape index (κ3) is 5.86. The summed E-state index contributed by atoms with van der Waals surface area (Å²) in [5.74, 6) is 1.09. The number of pyridine rings is 1. The number of anilines is 1. The quantitative estimate of drug-likeness (QED) is 0.238. The van der Waals surface area contributed by atoms with E-state index >= 15 is 0 Å². The molecule has 216 valence electrons. The van der Waals surface area contributed by atoms with Crippen LogP contribution in [0.1, 0.15) is 48.9 Å². The summed E-state index contributed by atoms with van der Waals surface area (Å²) in [5.41, 5.74) is 6.79. The van der Waals surface area contributed by atoms with Crippen molar-refractivity contribution in [2.75, 3.05) is 25.6 Å². The van der Waals surface area contributed by atoms with Gasteiger partial charge in [-0.05, 0) is 55.5 Å². The Labute approximate surface area is 249 Å². The summed E-state index contributed by atoms with van der Waals surface area (Å²) in [4.78, 5) is 32.5. The van der Waals surface area contributed by atoms with E-state index in [0.29, 0.717) is 53.3 Å². The average Bonchev–Trinajstić information content (AvgIpc) is 3.46. The van der Waals surface area contributed by atoms with E-state index in [9.17, 15) is 4.79 Å². The van der Waals surface area contributed by atoms with Crippen LogP contribution in [-0.2, 0) is 24.4 Å². The summed E-state index contributed by atoms with van der Waals surface area (Å²) in [7, 11) is 1.70. The van der Waals surface area contributed by atoms with Gasteiger partial charge in [-0.3, -0.25) is 14.4 Å². The van der Waals surface area contributed by atoms with Gasteiger partial charge >= 0.3 is 0 Å². The molecule has 0 amide bonds. The molecular weight excluding hydrogens is 550 g/mol. The van der Waals surface area contributed by atoms with Crippen LogP contribution in [-0.4, -0.2) is 52.4 Å². The molecule has 2 aromatic carbocycles. The molecule has 0 aliphatic carbocycles. The molecule has 4 heterocycles. The number of hydrogen-bond donors (Lipinski definition) is 2. The Morgan fingerprint density at radius 1 is 1.10 bits per heavy atom. The van der Waals surface area contributed by atoms with Gasteiger partial charge in [0.2, 0.25) is 5.95 Å². The van der Waals surface area contributed by atoms with Crippen LogP contribution in [0.25, 0.3) is 22.2 Å². The lowest BCUT2D eigenvalue weighted by Gasteiger charge is -2.23. The minimum Gasteiger partial charge on any atom is -0.381 e. The number of aliphatic imine (C=N–C) groups is 2. The van der Waals surface area contributed by atoms with E-state index < -0.39 is 0 Å². The first-order valence-corrected chi connectivity index (χ1v) is 14.6. The Morgan fingerprint density at radius 2 is 1.90 bits per heavy atom. The minimum absolute atomic E-state index is 0.168. The maximum atomic E-state index is 14.2. The van der Waals surface area contributed by atoms with E-state index in [1.54, 1.807) is 17.8 Å². The maximum absolute atomic E-state index is 14.2. The fraction of sp³-hybridized carbons (Fsp3) is 0.344. The van der Waals surface area contributed by atoms with Crippen molar-refractivity contribution in [1.29, 1.82) is 0 Å². The molecule has 2 aliphatic rings. The third-order valence-electron chi connectivity index (χ3n) is 7.68. The van der Waals surface area contributed by atoms with Gasteiger partial charge in [-0.2, -0.15) is 4.98 Å². The summed E-state index contributed by atoms with van der Waals surface area (Å²) in [6.45, 7) is 7.32. The fourth-order valence-corrected chi connectivity index (χ4v) is 5.83. The highest BCUT2D eigenvalue weighted by Gasteiger charge is 2.20. The summed E-state index contributed by atoms with van der Waals surface area (Å²) < 4.78 is 7.23. The van der Waals surface area contributed by atoms with Gasteiger partial charge in [0, 0.05) is 78.4 Å². The Kier molecular flexibility index (Phi) is 8.15. The fourth-order valence-electron chi connectivity index (χ4n) is 5.55. The molecule has 9 nitrogen and oxygen atoms in total. The molecule has 2 aromatic heterocycles. The Bertz CT molecular complexity index is 1770. The molecule has 0 unspecified atom stereocenters. The minimum atomic E-state index is -0.168. The number of hydrogen-bond acceptors (Lipinski definition) is 7. The van der Waals surface area contributed by atoms with Crippen LogP contribution in [0.4, 0.5) is 5.95 Å². The van der Waals surface area contributed by atoms with Gasteiger partial charge in [-0.15, -0.1) is 0 Å².